The molecule has 0 fully saturated rings. The first-order chi connectivity index (χ1) is 7.66. The summed E-state index contributed by atoms with van der Waals surface area (Å²) in [5.74, 6) is -0.0363. The average molecular weight is 212 g/mol. The maximum Gasteiger partial charge on any atom is 0.186 e. The fourth-order valence-corrected chi connectivity index (χ4v) is 1.46. The van der Waals surface area contributed by atoms with Crippen molar-refractivity contribution in [3.05, 3.63) is 48.3 Å². The molecule has 1 heterocycles. The molecule has 1 aromatic carbocycles. The number of hydrogen-bond acceptors (Lipinski definition) is 3. The predicted octanol–water partition coefficient (Wildman–Crippen LogP) is 2.78. The van der Waals surface area contributed by atoms with Gasteiger partial charge in [0, 0.05) is 6.42 Å². The van der Waals surface area contributed by atoms with Gasteiger partial charge in [0.25, 0.3) is 0 Å². The van der Waals surface area contributed by atoms with Crippen LogP contribution in [-0.4, -0.2) is 15.8 Å². The SMILES string of the molecule is C=C(C)CC(=O)c1cnc2ccccc2n1. The lowest BCUT2D eigenvalue weighted by atomic mass is 10.1. The zero-order valence-corrected chi connectivity index (χ0v) is 9.10. The monoisotopic (exact) mass is 212 g/mol. The van der Waals surface area contributed by atoms with Gasteiger partial charge in [-0.25, -0.2) is 4.98 Å². The third-order valence-electron chi connectivity index (χ3n) is 2.20. The van der Waals surface area contributed by atoms with Crippen molar-refractivity contribution in [3.8, 4) is 0 Å². The summed E-state index contributed by atoms with van der Waals surface area (Å²) < 4.78 is 0. The molecule has 0 aliphatic carbocycles. The Kier molecular flexibility index (Phi) is 2.77. The van der Waals surface area contributed by atoms with Gasteiger partial charge in [-0.15, -0.1) is 0 Å². The second-order valence-corrected chi connectivity index (χ2v) is 3.80. The topological polar surface area (TPSA) is 42.9 Å². The smallest absolute Gasteiger partial charge is 0.186 e. The Morgan fingerprint density at radius 1 is 1.31 bits per heavy atom. The van der Waals surface area contributed by atoms with Gasteiger partial charge < -0.3 is 0 Å². The van der Waals surface area contributed by atoms with Crippen molar-refractivity contribution in [2.24, 2.45) is 0 Å². The van der Waals surface area contributed by atoms with Crippen LogP contribution in [0.25, 0.3) is 11.0 Å². The third-order valence-corrected chi connectivity index (χ3v) is 2.20. The maximum absolute atomic E-state index is 11.7. The number of allylic oxidation sites excluding steroid dienone is 1. The number of carbonyl (C=O) groups is 1. The zero-order chi connectivity index (χ0) is 11.5. The highest BCUT2D eigenvalue weighted by atomic mass is 16.1. The van der Waals surface area contributed by atoms with Gasteiger partial charge in [-0.3, -0.25) is 9.78 Å². The second kappa shape index (κ2) is 4.23. The van der Waals surface area contributed by atoms with E-state index < -0.39 is 0 Å². The van der Waals surface area contributed by atoms with Gasteiger partial charge in [0.1, 0.15) is 5.69 Å². The number of Topliss-reactive ketones (excluding diaryl/α,β-unsaturated/α-hetero) is 1. The molecule has 0 radical (unpaired) electrons. The highest BCUT2D eigenvalue weighted by Crippen LogP contribution is 2.11. The number of rotatable bonds is 3. The summed E-state index contributed by atoms with van der Waals surface area (Å²) in [5, 5.41) is 0. The van der Waals surface area contributed by atoms with E-state index in [4.69, 9.17) is 0 Å². The molecule has 0 spiro atoms. The van der Waals surface area contributed by atoms with Gasteiger partial charge >= 0.3 is 0 Å². The number of benzene rings is 1. The van der Waals surface area contributed by atoms with Crippen LogP contribution in [-0.2, 0) is 0 Å². The molecule has 0 aliphatic rings. The summed E-state index contributed by atoms with van der Waals surface area (Å²) in [6, 6.07) is 7.49. The van der Waals surface area contributed by atoms with Gasteiger partial charge in [-0.2, -0.15) is 0 Å². The normalized spacial score (nSPS) is 10.3. The van der Waals surface area contributed by atoms with Crippen molar-refractivity contribution in [3.63, 3.8) is 0 Å². The molecule has 1 aromatic heterocycles. The van der Waals surface area contributed by atoms with Crippen LogP contribution in [0.1, 0.15) is 23.8 Å². The summed E-state index contributed by atoms with van der Waals surface area (Å²) in [4.78, 5) is 20.2. The summed E-state index contributed by atoms with van der Waals surface area (Å²) in [5.41, 5.74) is 2.78. The number of ketones is 1. The Balaban J connectivity index is 2.39. The third kappa shape index (κ3) is 2.14. The lowest BCUT2D eigenvalue weighted by Gasteiger charge is -2.01. The van der Waals surface area contributed by atoms with E-state index in [-0.39, 0.29) is 5.78 Å². The highest BCUT2D eigenvalue weighted by Gasteiger charge is 2.08. The standard InChI is InChI=1S/C13H12N2O/c1-9(2)7-13(16)12-8-14-10-5-3-4-6-11(10)15-12/h3-6,8H,1,7H2,2H3. The van der Waals surface area contributed by atoms with E-state index >= 15 is 0 Å². The average Bonchev–Trinajstić information content (AvgIpc) is 2.27. The number of carbonyl (C=O) groups excluding carboxylic acids is 1. The maximum atomic E-state index is 11.7. The van der Waals surface area contributed by atoms with Crippen molar-refractivity contribution in [2.45, 2.75) is 13.3 Å². The lowest BCUT2D eigenvalue weighted by molar-refractivity contribution is 0.0988. The zero-order valence-electron chi connectivity index (χ0n) is 9.10. The van der Waals surface area contributed by atoms with E-state index in [1.54, 1.807) is 0 Å². The fourth-order valence-electron chi connectivity index (χ4n) is 1.46. The van der Waals surface area contributed by atoms with E-state index in [1.165, 1.54) is 6.20 Å². The largest absolute Gasteiger partial charge is 0.292 e. The molecule has 0 amide bonds. The Morgan fingerprint density at radius 2 is 2.00 bits per heavy atom. The van der Waals surface area contributed by atoms with Crippen LogP contribution in [0.3, 0.4) is 0 Å². The molecule has 2 rings (SSSR count). The first-order valence-electron chi connectivity index (χ1n) is 5.06. The van der Waals surface area contributed by atoms with Gasteiger partial charge in [-0.1, -0.05) is 24.3 Å². The van der Waals surface area contributed by atoms with Gasteiger partial charge in [0.05, 0.1) is 17.2 Å². The van der Waals surface area contributed by atoms with Crippen LogP contribution in [0.4, 0.5) is 0 Å². The van der Waals surface area contributed by atoms with Gasteiger partial charge in [0.2, 0.25) is 0 Å². The quantitative estimate of drug-likeness (QED) is 0.580. The van der Waals surface area contributed by atoms with Crippen LogP contribution >= 0.6 is 0 Å². The number of aromatic nitrogens is 2. The second-order valence-electron chi connectivity index (χ2n) is 3.80. The molecule has 0 saturated heterocycles. The van der Waals surface area contributed by atoms with Crippen LogP contribution in [0.5, 0.6) is 0 Å². The molecule has 80 valence electrons. The van der Waals surface area contributed by atoms with E-state index in [2.05, 4.69) is 16.5 Å². The molecule has 0 saturated carbocycles. The number of nitrogens with zero attached hydrogens (tertiary/aromatic N) is 2. The van der Waals surface area contributed by atoms with Gasteiger partial charge in [0.15, 0.2) is 5.78 Å². The summed E-state index contributed by atoms with van der Waals surface area (Å²) in [7, 11) is 0. The Labute approximate surface area is 93.8 Å². The molecule has 0 unspecified atom stereocenters. The number of fused-ring (bicyclic) bond motifs is 1. The number of hydrogen-bond donors (Lipinski definition) is 0. The molecule has 0 atom stereocenters. The first kappa shape index (κ1) is 10.5. The minimum Gasteiger partial charge on any atom is -0.292 e. The highest BCUT2D eigenvalue weighted by molar-refractivity contribution is 5.96. The minimum atomic E-state index is -0.0363. The van der Waals surface area contributed by atoms with Crippen LogP contribution in [0.15, 0.2) is 42.6 Å². The van der Waals surface area contributed by atoms with Crippen molar-refractivity contribution >= 4 is 16.8 Å². The van der Waals surface area contributed by atoms with Crippen molar-refractivity contribution < 1.29 is 4.79 Å². The molecule has 0 bridgehead atoms. The van der Waals surface area contributed by atoms with E-state index in [1.807, 2.05) is 31.2 Å². The molecule has 3 heteroatoms. The Bertz CT molecular complexity index is 561. The van der Waals surface area contributed by atoms with E-state index in [0.717, 1.165) is 16.6 Å². The van der Waals surface area contributed by atoms with E-state index in [9.17, 15) is 4.79 Å². The summed E-state index contributed by atoms with van der Waals surface area (Å²) in [6.45, 7) is 5.54. The predicted molar refractivity (Wildman–Crippen MR) is 63.3 cm³/mol. The van der Waals surface area contributed by atoms with Gasteiger partial charge in [-0.05, 0) is 19.1 Å². The molecule has 0 aliphatic heterocycles. The van der Waals surface area contributed by atoms with E-state index in [0.29, 0.717) is 12.1 Å². The Morgan fingerprint density at radius 3 is 2.69 bits per heavy atom. The number of para-hydroxylation sites is 2. The summed E-state index contributed by atoms with van der Waals surface area (Å²) in [6.07, 6.45) is 1.85. The molecule has 0 N–H and O–H groups in total. The molecule has 16 heavy (non-hydrogen) atoms. The molecular formula is C13H12N2O. The fraction of sp³-hybridized carbons (Fsp3) is 0.154. The van der Waals surface area contributed by atoms with Crippen LogP contribution in [0, 0.1) is 0 Å². The van der Waals surface area contributed by atoms with Crippen LogP contribution < -0.4 is 0 Å². The molecule has 3 nitrogen and oxygen atoms in total. The van der Waals surface area contributed by atoms with Crippen molar-refractivity contribution in [1.29, 1.82) is 0 Å². The molecular weight excluding hydrogens is 200 g/mol. The lowest BCUT2D eigenvalue weighted by Crippen LogP contribution is -2.03. The summed E-state index contributed by atoms with van der Waals surface area (Å²) >= 11 is 0. The van der Waals surface area contributed by atoms with Crippen molar-refractivity contribution in [2.75, 3.05) is 0 Å². The minimum absolute atomic E-state index is 0.0363. The van der Waals surface area contributed by atoms with Crippen molar-refractivity contribution in [1.82, 2.24) is 9.97 Å². The first-order valence-corrected chi connectivity index (χ1v) is 5.06. The van der Waals surface area contributed by atoms with Crippen LogP contribution in [0.2, 0.25) is 0 Å². The Hall–Kier alpha value is -2.03. The molecule has 2 aromatic rings.